The predicted molar refractivity (Wildman–Crippen MR) is 129 cm³/mol. The van der Waals surface area contributed by atoms with Crippen LogP contribution in [0.4, 0.5) is 5.69 Å². The van der Waals surface area contributed by atoms with Crippen molar-refractivity contribution in [1.82, 2.24) is 24.9 Å². The Hall–Kier alpha value is -3.46. The molecule has 2 aromatic carbocycles. The van der Waals surface area contributed by atoms with Gasteiger partial charge >= 0.3 is 0 Å². The highest BCUT2D eigenvalue weighted by Crippen LogP contribution is 2.25. The van der Waals surface area contributed by atoms with Crippen LogP contribution in [-0.4, -0.2) is 36.6 Å². The number of aromatic nitrogens is 5. The molecule has 0 fully saturated rings. The second-order valence-corrected chi connectivity index (χ2v) is 9.50. The number of benzene rings is 2. The maximum Gasteiger partial charge on any atom is 0.234 e. The summed E-state index contributed by atoms with van der Waals surface area (Å²) >= 11 is 1.35. The van der Waals surface area contributed by atoms with E-state index in [-0.39, 0.29) is 17.1 Å². The molecular weight excluding hydrogens is 436 g/mol. The number of nitrogens with one attached hydrogen (secondary N) is 1. The van der Waals surface area contributed by atoms with E-state index in [1.807, 2.05) is 67.8 Å². The van der Waals surface area contributed by atoms with Gasteiger partial charge in [-0.05, 0) is 42.3 Å². The second kappa shape index (κ2) is 9.58. The molecule has 4 rings (SSSR count). The van der Waals surface area contributed by atoms with Crippen LogP contribution in [0.3, 0.4) is 0 Å². The lowest BCUT2D eigenvalue weighted by atomic mass is 9.97. The number of hydrogen-bond donors (Lipinski definition) is 1. The zero-order chi connectivity index (χ0) is 23.4. The molecule has 0 radical (unpaired) electrons. The third kappa shape index (κ3) is 5.31. The molecule has 8 nitrogen and oxygen atoms in total. The average Bonchev–Trinajstić information content (AvgIpc) is 3.48. The molecular formula is C24H26N6O2S. The molecule has 0 aliphatic carbocycles. The van der Waals surface area contributed by atoms with Crippen molar-refractivity contribution in [1.29, 1.82) is 0 Å². The molecule has 0 spiro atoms. The fraction of sp³-hybridized carbons (Fsp3) is 0.292. The van der Waals surface area contributed by atoms with E-state index in [4.69, 9.17) is 4.52 Å². The predicted octanol–water partition coefficient (Wildman–Crippen LogP) is 4.91. The van der Waals surface area contributed by atoms with Gasteiger partial charge in [0.05, 0.1) is 11.4 Å². The molecule has 0 unspecified atom stereocenters. The van der Waals surface area contributed by atoms with Gasteiger partial charge in [-0.1, -0.05) is 62.8 Å². The summed E-state index contributed by atoms with van der Waals surface area (Å²) in [5.41, 5.74) is 3.53. The summed E-state index contributed by atoms with van der Waals surface area (Å²) in [4.78, 5) is 17.0. The number of nitrogens with zero attached hydrogens (tertiary/aromatic N) is 5. The fourth-order valence-corrected chi connectivity index (χ4v) is 3.93. The van der Waals surface area contributed by atoms with Crippen LogP contribution in [-0.2, 0) is 16.6 Å². The van der Waals surface area contributed by atoms with Crippen molar-refractivity contribution < 1.29 is 9.32 Å². The number of hydrogen-bond acceptors (Lipinski definition) is 7. The molecule has 2 heterocycles. The van der Waals surface area contributed by atoms with Gasteiger partial charge in [0, 0.05) is 16.7 Å². The van der Waals surface area contributed by atoms with Gasteiger partial charge in [0.15, 0.2) is 5.16 Å². The minimum absolute atomic E-state index is 0.124. The SMILES string of the molecule is CCc1ccccc1-n1cnnc1SCC(=O)Nc1ccc(-c2noc(C(C)(C)C)n2)cc1. The Balaban J connectivity index is 1.38. The highest BCUT2D eigenvalue weighted by Gasteiger charge is 2.22. The van der Waals surface area contributed by atoms with Crippen molar-refractivity contribution in [3.63, 3.8) is 0 Å². The summed E-state index contributed by atoms with van der Waals surface area (Å²) in [5.74, 6) is 1.20. The summed E-state index contributed by atoms with van der Waals surface area (Å²) in [6.07, 6.45) is 2.58. The van der Waals surface area contributed by atoms with Crippen molar-refractivity contribution in [3.05, 3.63) is 66.3 Å². The van der Waals surface area contributed by atoms with E-state index in [0.717, 1.165) is 17.7 Å². The van der Waals surface area contributed by atoms with Crippen LogP contribution in [0, 0.1) is 0 Å². The topological polar surface area (TPSA) is 98.7 Å². The number of anilines is 1. The zero-order valence-electron chi connectivity index (χ0n) is 19.1. The maximum atomic E-state index is 12.5. The van der Waals surface area contributed by atoms with Crippen molar-refractivity contribution in [2.45, 2.75) is 44.7 Å². The Labute approximate surface area is 196 Å². The van der Waals surface area contributed by atoms with Gasteiger partial charge in [-0.3, -0.25) is 9.36 Å². The molecule has 33 heavy (non-hydrogen) atoms. The highest BCUT2D eigenvalue weighted by molar-refractivity contribution is 7.99. The van der Waals surface area contributed by atoms with E-state index in [0.29, 0.717) is 22.6 Å². The first-order valence-electron chi connectivity index (χ1n) is 10.7. The van der Waals surface area contributed by atoms with Crippen LogP contribution >= 0.6 is 11.8 Å². The number of rotatable bonds is 7. The molecule has 4 aromatic rings. The smallest absolute Gasteiger partial charge is 0.234 e. The van der Waals surface area contributed by atoms with Gasteiger partial charge in [0.1, 0.15) is 6.33 Å². The first-order valence-corrected chi connectivity index (χ1v) is 11.7. The Morgan fingerprint density at radius 1 is 1.12 bits per heavy atom. The van der Waals surface area contributed by atoms with Crippen LogP contribution in [0.5, 0.6) is 0 Å². The molecule has 0 bridgehead atoms. The molecule has 0 atom stereocenters. The summed E-state index contributed by atoms with van der Waals surface area (Å²) in [6.45, 7) is 8.17. The van der Waals surface area contributed by atoms with Crippen molar-refractivity contribution in [2.24, 2.45) is 0 Å². The highest BCUT2D eigenvalue weighted by atomic mass is 32.2. The summed E-state index contributed by atoms with van der Waals surface area (Å²) in [7, 11) is 0. The van der Waals surface area contributed by atoms with E-state index in [9.17, 15) is 4.79 Å². The number of para-hydroxylation sites is 1. The number of amides is 1. The number of carbonyl (C=O) groups is 1. The minimum Gasteiger partial charge on any atom is -0.338 e. The molecule has 9 heteroatoms. The number of aryl methyl sites for hydroxylation is 1. The van der Waals surface area contributed by atoms with Crippen LogP contribution in [0.15, 0.2) is 64.5 Å². The van der Waals surface area contributed by atoms with Crippen molar-refractivity contribution in [2.75, 3.05) is 11.1 Å². The third-order valence-corrected chi connectivity index (χ3v) is 5.92. The lowest BCUT2D eigenvalue weighted by Gasteiger charge is -2.11. The monoisotopic (exact) mass is 462 g/mol. The molecule has 1 N–H and O–H groups in total. The van der Waals surface area contributed by atoms with Crippen LogP contribution in [0.2, 0.25) is 0 Å². The van der Waals surface area contributed by atoms with E-state index in [2.05, 4.69) is 38.6 Å². The number of carbonyl (C=O) groups excluding carboxylic acids is 1. The number of thioether (sulfide) groups is 1. The quantitative estimate of drug-likeness (QED) is 0.390. The van der Waals surface area contributed by atoms with Gasteiger partial charge in [0.2, 0.25) is 17.6 Å². The van der Waals surface area contributed by atoms with Crippen molar-refractivity contribution >= 4 is 23.4 Å². The maximum absolute atomic E-state index is 12.5. The normalized spacial score (nSPS) is 11.5. The Kier molecular flexibility index (Phi) is 6.60. The van der Waals surface area contributed by atoms with Crippen LogP contribution in [0.25, 0.3) is 17.1 Å². The summed E-state index contributed by atoms with van der Waals surface area (Å²) in [6, 6.07) is 15.5. The zero-order valence-corrected chi connectivity index (χ0v) is 19.9. The fourth-order valence-electron chi connectivity index (χ4n) is 3.21. The lowest BCUT2D eigenvalue weighted by Crippen LogP contribution is -2.14. The van der Waals surface area contributed by atoms with Gasteiger partial charge in [-0.2, -0.15) is 4.98 Å². The minimum atomic E-state index is -0.209. The standard InChI is InChI=1S/C24H26N6O2S/c1-5-16-8-6-7-9-19(16)30-15-25-28-23(30)33-14-20(31)26-18-12-10-17(11-13-18)21-27-22(32-29-21)24(2,3)4/h6-13,15H,5,14H2,1-4H3,(H,26,31). The first kappa shape index (κ1) is 22.7. The van der Waals surface area contributed by atoms with Crippen LogP contribution in [0.1, 0.15) is 39.1 Å². The van der Waals surface area contributed by atoms with Gasteiger partial charge in [0.25, 0.3) is 0 Å². The largest absolute Gasteiger partial charge is 0.338 e. The third-order valence-electron chi connectivity index (χ3n) is 4.98. The van der Waals surface area contributed by atoms with E-state index < -0.39 is 0 Å². The molecule has 0 aliphatic rings. The van der Waals surface area contributed by atoms with Gasteiger partial charge in [-0.15, -0.1) is 10.2 Å². The molecule has 1 amide bonds. The summed E-state index contributed by atoms with van der Waals surface area (Å²) < 4.78 is 7.27. The Bertz CT molecular complexity index is 1240. The first-order chi connectivity index (χ1) is 15.8. The Morgan fingerprint density at radius 2 is 1.88 bits per heavy atom. The van der Waals surface area contributed by atoms with E-state index in [1.165, 1.54) is 17.3 Å². The molecule has 170 valence electrons. The molecule has 0 saturated heterocycles. The molecule has 2 aromatic heterocycles. The van der Waals surface area contributed by atoms with Crippen molar-refractivity contribution in [3.8, 4) is 17.1 Å². The average molecular weight is 463 g/mol. The van der Waals surface area contributed by atoms with E-state index >= 15 is 0 Å². The van der Waals surface area contributed by atoms with Gasteiger partial charge < -0.3 is 9.84 Å². The lowest BCUT2D eigenvalue weighted by molar-refractivity contribution is -0.113. The Morgan fingerprint density at radius 3 is 2.58 bits per heavy atom. The molecule has 0 aliphatic heterocycles. The summed E-state index contributed by atoms with van der Waals surface area (Å²) in [5, 5.41) is 15.9. The molecule has 0 saturated carbocycles. The van der Waals surface area contributed by atoms with Crippen LogP contribution < -0.4 is 5.32 Å². The van der Waals surface area contributed by atoms with E-state index in [1.54, 1.807) is 6.33 Å². The van der Waals surface area contributed by atoms with Gasteiger partial charge in [-0.25, -0.2) is 0 Å². The second-order valence-electron chi connectivity index (χ2n) is 8.55.